The molecule has 0 bridgehead atoms. The third-order valence-corrected chi connectivity index (χ3v) is 4.74. The Balaban J connectivity index is 1.88. The number of halogens is 3. The van der Waals surface area contributed by atoms with Gasteiger partial charge in [0.25, 0.3) is 5.91 Å². The number of carbonyl (C=O) groups excluding carboxylic acids is 1. The molecule has 0 fully saturated rings. The minimum atomic E-state index is -4.54. The number of thioether (sulfide) groups is 1. The van der Waals surface area contributed by atoms with Crippen molar-refractivity contribution in [2.75, 3.05) is 12.4 Å². The molecule has 5 nitrogen and oxygen atoms in total. The largest absolute Gasteiger partial charge is 0.494 e. The summed E-state index contributed by atoms with van der Waals surface area (Å²) in [5.41, 5.74) is -4.13. The van der Waals surface area contributed by atoms with E-state index in [9.17, 15) is 18.0 Å². The Morgan fingerprint density at radius 3 is 2.80 bits per heavy atom. The van der Waals surface area contributed by atoms with Crippen LogP contribution in [0.5, 0.6) is 5.75 Å². The van der Waals surface area contributed by atoms with Gasteiger partial charge in [-0.2, -0.15) is 13.2 Å². The number of pyridine rings is 1. The topological polar surface area (TPSA) is 64.1 Å². The molecule has 3 rings (SSSR count). The molecule has 0 atom stereocenters. The molecule has 0 spiro atoms. The van der Waals surface area contributed by atoms with Gasteiger partial charge in [0.15, 0.2) is 5.13 Å². The molecule has 1 N–H and O–H groups in total. The van der Waals surface area contributed by atoms with Gasteiger partial charge in [-0.25, -0.2) is 9.97 Å². The molecule has 0 aliphatic heterocycles. The number of aromatic nitrogens is 2. The van der Waals surface area contributed by atoms with Crippen LogP contribution >= 0.6 is 23.1 Å². The minimum Gasteiger partial charge on any atom is -0.494 e. The van der Waals surface area contributed by atoms with Gasteiger partial charge in [-0.15, -0.1) is 0 Å². The maximum atomic E-state index is 12.6. The summed E-state index contributed by atoms with van der Waals surface area (Å²) in [5, 5.41) is 2.37. The van der Waals surface area contributed by atoms with Crippen LogP contribution in [0.2, 0.25) is 0 Å². The van der Waals surface area contributed by atoms with Crippen molar-refractivity contribution in [3.8, 4) is 5.75 Å². The van der Waals surface area contributed by atoms with Crippen molar-refractivity contribution in [3.63, 3.8) is 0 Å². The van der Waals surface area contributed by atoms with Gasteiger partial charge in [-0.1, -0.05) is 17.4 Å². The Bertz CT molecular complexity index is 928. The number of rotatable bonds is 4. The fourth-order valence-electron chi connectivity index (χ4n) is 2.06. The Morgan fingerprint density at radius 1 is 1.28 bits per heavy atom. The third-order valence-electron chi connectivity index (χ3n) is 3.05. The Morgan fingerprint density at radius 2 is 2.08 bits per heavy atom. The summed E-state index contributed by atoms with van der Waals surface area (Å²) in [5.74, 6) is -0.165. The Labute approximate surface area is 148 Å². The van der Waals surface area contributed by atoms with Gasteiger partial charge in [0, 0.05) is 18.0 Å². The van der Waals surface area contributed by atoms with E-state index in [2.05, 4.69) is 15.3 Å². The van der Waals surface area contributed by atoms with Crippen molar-refractivity contribution in [3.05, 3.63) is 42.1 Å². The van der Waals surface area contributed by atoms with Crippen molar-refractivity contribution >= 4 is 44.4 Å². The number of nitrogens with one attached hydrogen (secondary N) is 1. The fraction of sp³-hybridized carbons (Fsp3) is 0.133. The molecule has 130 valence electrons. The van der Waals surface area contributed by atoms with Crippen LogP contribution in [0.25, 0.3) is 10.2 Å². The number of nitrogens with zero attached hydrogens (tertiary/aromatic N) is 2. The maximum Gasteiger partial charge on any atom is 0.447 e. The quantitative estimate of drug-likeness (QED) is 0.667. The number of thiazole rings is 1. The highest BCUT2D eigenvalue weighted by atomic mass is 32.2. The fourth-order valence-corrected chi connectivity index (χ4v) is 3.54. The second-order valence-corrected chi connectivity index (χ2v) is 6.77. The summed E-state index contributed by atoms with van der Waals surface area (Å²) >= 11 is 0.765. The molecular formula is C15H10F3N3O2S2. The number of para-hydroxylation sites is 1. The van der Waals surface area contributed by atoms with E-state index in [-0.39, 0.29) is 10.7 Å². The molecule has 0 aliphatic carbocycles. The number of alkyl halides is 3. The molecule has 2 aromatic heterocycles. The number of anilines is 1. The zero-order valence-electron chi connectivity index (χ0n) is 12.6. The predicted molar refractivity (Wildman–Crippen MR) is 90.3 cm³/mol. The Hall–Kier alpha value is -2.33. The number of fused-ring (bicyclic) bond motifs is 1. The van der Waals surface area contributed by atoms with E-state index in [0.29, 0.717) is 11.3 Å². The molecule has 0 unspecified atom stereocenters. The van der Waals surface area contributed by atoms with Crippen molar-refractivity contribution in [2.24, 2.45) is 0 Å². The van der Waals surface area contributed by atoms with Crippen molar-refractivity contribution < 1.29 is 22.7 Å². The molecule has 0 aliphatic rings. The van der Waals surface area contributed by atoms with Crippen LogP contribution < -0.4 is 10.1 Å². The summed E-state index contributed by atoms with van der Waals surface area (Å²) in [7, 11) is 1.50. The van der Waals surface area contributed by atoms with Gasteiger partial charge < -0.3 is 4.74 Å². The van der Waals surface area contributed by atoms with Gasteiger partial charge in [0.1, 0.15) is 16.3 Å². The summed E-state index contributed by atoms with van der Waals surface area (Å²) < 4.78 is 43.8. The van der Waals surface area contributed by atoms with E-state index in [0.717, 1.165) is 4.70 Å². The number of methoxy groups -OCH3 is 1. The molecule has 0 saturated carbocycles. The molecule has 1 amide bonds. The van der Waals surface area contributed by atoms with E-state index in [4.69, 9.17) is 4.74 Å². The highest BCUT2D eigenvalue weighted by molar-refractivity contribution is 8.00. The Kier molecular flexibility index (Phi) is 4.82. The second-order valence-electron chi connectivity index (χ2n) is 4.68. The lowest BCUT2D eigenvalue weighted by Crippen LogP contribution is -2.14. The zero-order valence-corrected chi connectivity index (χ0v) is 14.3. The molecule has 0 radical (unpaired) electrons. The standard InChI is InChI=1S/C15H10F3N3O2S2/c1-23-9-5-2-6-10-11(9)20-14(24-10)21-12(22)8-4-3-7-19-13(8)25-15(16,17)18/h2-7H,1H3,(H,20,21,22). The zero-order chi connectivity index (χ0) is 18.0. The van der Waals surface area contributed by atoms with Crippen LogP contribution in [0, 0.1) is 0 Å². The normalized spacial score (nSPS) is 11.5. The van der Waals surface area contributed by atoms with Crippen molar-refractivity contribution in [1.82, 2.24) is 9.97 Å². The lowest BCUT2D eigenvalue weighted by molar-refractivity contribution is -0.0329. The summed E-state index contributed by atoms with van der Waals surface area (Å²) in [6.45, 7) is 0. The van der Waals surface area contributed by atoms with Gasteiger partial charge >= 0.3 is 5.51 Å². The first-order chi connectivity index (χ1) is 11.9. The third kappa shape index (κ3) is 4.02. The van der Waals surface area contributed by atoms with Crippen molar-refractivity contribution in [1.29, 1.82) is 0 Å². The predicted octanol–water partition coefficient (Wildman–Crippen LogP) is 4.56. The number of hydrogen-bond acceptors (Lipinski definition) is 6. The van der Waals surface area contributed by atoms with Gasteiger partial charge in [0.05, 0.1) is 17.4 Å². The lowest BCUT2D eigenvalue weighted by Gasteiger charge is -2.09. The first-order valence-corrected chi connectivity index (χ1v) is 8.46. The van der Waals surface area contributed by atoms with Gasteiger partial charge in [-0.3, -0.25) is 10.1 Å². The van der Waals surface area contributed by atoms with Gasteiger partial charge in [0.2, 0.25) is 0 Å². The molecule has 1 aromatic carbocycles. The highest BCUT2D eigenvalue weighted by Gasteiger charge is 2.32. The molecular weight excluding hydrogens is 375 g/mol. The van der Waals surface area contributed by atoms with Crippen LogP contribution in [0.1, 0.15) is 10.4 Å². The van der Waals surface area contributed by atoms with E-state index in [1.165, 1.54) is 36.8 Å². The number of amides is 1. The monoisotopic (exact) mass is 385 g/mol. The molecule has 0 saturated heterocycles. The number of hydrogen-bond donors (Lipinski definition) is 1. The average Bonchev–Trinajstić information content (AvgIpc) is 2.96. The average molecular weight is 385 g/mol. The molecule has 2 heterocycles. The molecule has 25 heavy (non-hydrogen) atoms. The van der Waals surface area contributed by atoms with Gasteiger partial charge in [-0.05, 0) is 24.3 Å². The van der Waals surface area contributed by atoms with Crippen molar-refractivity contribution in [2.45, 2.75) is 10.5 Å². The lowest BCUT2D eigenvalue weighted by atomic mass is 10.3. The van der Waals surface area contributed by atoms with Crippen LogP contribution in [0.4, 0.5) is 18.3 Å². The van der Waals surface area contributed by atoms with E-state index < -0.39 is 28.2 Å². The molecule has 10 heteroatoms. The van der Waals surface area contributed by atoms with Crippen LogP contribution in [0.15, 0.2) is 41.6 Å². The number of carbonyl (C=O) groups is 1. The summed E-state index contributed by atoms with van der Waals surface area (Å²) in [4.78, 5) is 20.3. The highest BCUT2D eigenvalue weighted by Crippen LogP contribution is 2.38. The second kappa shape index (κ2) is 6.89. The van der Waals surface area contributed by atoms with E-state index >= 15 is 0 Å². The smallest absolute Gasteiger partial charge is 0.447 e. The van der Waals surface area contributed by atoms with Crippen LogP contribution in [-0.2, 0) is 0 Å². The summed E-state index contributed by atoms with van der Waals surface area (Å²) in [6, 6.07) is 8.00. The number of ether oxygens (including phenoxy) is 1. The summed E-state index contributed by atoms with van der Waals surface area (Å²) in [6.07, 6.45) is 1.20. The van der Waals surface area contributed by atoms with E-state index in [1.54, 1.807) is 18.2 Å². The van der Waals surface area contributed by atoms with Crippen LogP contribution in [0.3, 0.4) is 0 Å². The maximum absolute atomic E-state index is 12.6. The van der Waals surface area contributed by atoms with Crippen LogP contribution in [-0.4, -0.2) is 28.5 Å². The first kappa shape index (κ1) is 17.5. The SMILES string of the molecule is COc1cccc2sc(NC(=O)c3cccnc3SC(F)(F)F)nc12. The number of benzene rings is 1. The first-order valence-electron chi connectivity index (χ1n) is 6.83. The molecule has 3 aromatic rings. The minimum absolute atomic E-state index is 0.170. The van der Waals surface area contributed by atoms with E-state index in [1.807, 2.05) is 0 Å².